The lowest BCUT2D eigenvalue weighted by atomic mass is 9.52. The summed E-state index contributed by atoms with van der Waals surface area (Å²) >= 11 is 0. The zero-order valence-corrected chi connectivity index (χ0v) is 47.5. The van der Waals surface area contributed by atoms with Crippen molar-refractivity contribution in [3.8, 4) is 0 Å². The molecule has 0 spiro atoms. The van der Waals surface area contributed by atoms with Crippen molar-refractivity contribution < 1.29 is 9.53 Å². The fourth-order valence-electron chi connectivity index (χ4n) is 27.5. The first-order chi connectivity index (χ1) is 42.3. The van der Waals surface area contributed by atoms with Crippen LogP contribution in [0, 0.1) is 0 Å². The van der Waals surface area contributed by atoms with Gasteiger partial charge in [0.15, 0.2) is 5.60 Å². The molecule has 0 radical (unpaired) electrons. The van der Waals surface area contributed by atoms with Crippen molar-refractivity contribution in [1.29, 1.82) is 0 Å². The van der Waals surface area contributed by atoms with E-state index in [0.29, 0.717) is 6.42 Å². The second-order valence-corrected chi connectivity index (χ2v) is 31.0. The van der Waals surface area contributed by atoms with Crippen LogP contribution in [0.3, 0.4) is 0 Å². The quantitative estimate of drug-likeness (QED) is 0.0407. The van der Waals surface area contributed by atoms with Gasteiger partial charge in [0.2, 0.25) is 0 Å². The summed E-state index contributed by atoms with van der Waals surface area (Å²) in [6.07, 6.45) is 24.4. The number of unbranched alkanes of at least 4 members (excludes halogenated alkanes) is 16. The number of carbonyl (C=O) groups excluding carboxylic acids is 1. The number of carbonyl (C=O) groups is 1. The summed E-state index contributed by atoms with van der Waals surface area (Å²) in [4.78, 5) is 16.4. The number of benzene rings is 18. The molecule has 0 saturated heterocycles. The van der Waals surface area contributed by atoms with Crippen molar-refractivity contribution in [1.82, 2.24) is 0 Å². The van der Waals surface area contributed by atoms with Crippen LogP contribution in [-0.2, 0) is 20.5 Å². The van der Waals surface area contributed by atoms with Crippen LogP contribution >= 0.6 is 0 Å². The Kier molecular flexibility index (Phi) is 4.77. The fourth-order valence-corrected chi connectivity index (χ4v) is 27.5. The van der Waals surface area contributed by atoms with E-state index in [-0.39, 0.29) is 5.97 Å². The highest BCUT2D eigenvalue weighted by molar-refractivity contribution is 6.82. The van der Waals surface area contributed by atoms with E-state index in [1.807, 2.05) is 0 Å². The normalized spacial score (nSPS) is 20.0. The van der Waals surface area contributed by atoms with Gasteiger partial charge in [-0.25, -0.2) is 0 Å². The molecule has 0 heterocycles. The molecule has 85 heavy (non-hydrogen) atoms. The van der Waals surface area contributed by atoms with Gasteiger partial charge in [-0.3, -0.25) is 4.79 Å². The number of rotatable bonds is 21. The molecule has 0 aliphatic heterocycles. The first-order valence-corrected chi connectivity index (χ1v) is 34.2. The Balaban J connectivity index is 0.875. The molecule has 28 aromatic carbocycles. The highest BCUT2D eigenvalue weighted by atomic mass is 16.6. The van der Waals surface area contributed by atoms with Gasteiger partial charge in [0, 0.05) is 17.5 Å². The number of esters is 1. The second kappa shape index (κ2) is 10.5. The molecular weight excluding hydrogens is 1030 g/mol. The fraction of sp³-hybridized carbons (Fsp3) is 0.289. The van der Waals surface area contributed by atoms with Gasteiger partial charge in [-0.1, -0.05) is 123 Å². The predicted octanol–water partition coefficient (Wildman–Crippen LogP) is 24.6. The summed E-state index contributed by atoms with van der Waals surface area (Å²) in [6.45, 7) is 4.67. The molecule has 0 aromatic heterocycles. The number of hydrogen-bond donors (Lipinski definition) is 0. The largest absolute Gasteiger partial charge is 0.448 e. The molecule has 0 unspecified atom stereocenters. The average molecular weight is 1080 g/mol. The van der Waals surface area contributed by atoms with Crippen LogP contribution < -0.4 is 0 Å². The summed E-state index contributed by atoms with van der Waals surface area (Å²) in [7, 11) is 0. The first kappa shape index (κ1) is 38.8. The molecule has 4 aliphatic carbocycles. The smallest absolute Gasteiger partial charge is 0.307 e. The third kappa shape index (κ3) is 2.69. The topological polar surface area (TPSA) is 26.3 Å². The van der Waals surface area contributed by atoms with E-state index in [0.717, 1.165) is 25.7 Å². The van der Waals surface area contributed by atoms with Crippen LogP contribution in [0.5, 0.6) is 0 Å². The minimum Gasteiger partial charge on any atom is -0.448 e. The molecule has 0 saturated carbocycles. The zero-order chi connectivity index (χ0) is 52.9. The summed E-state index contributed by atoms with van der Waals surface area (Å²) in [5.74, 6) is 0.0619. The minimum atomic E-state index is -0.991. The Labute approximate surface area is 479 Å². The minimum absolute atomic E-state index is 0.0619. The van der Waals surface area contributed by atoms with Gasteiger partial charge in [-0.15, -0.1) is 0 Å². The van der Waals surface area contributed by atoms with Crippen LogP contribution in [0.2, 0.25) is 0 Å². The van der Waals surface area contributed by atoms with E-state index in [9.17, 15) is 0 Å². The monoisotopic (exact) mass is 1070 g/mol. The average Bonchev–Trinajstić information content (AvgIpc) is 1.39. The Morgan fingerprint density at radius 3 is 0.624 bits per heavy atom. The maximum absolute atomic E-state index is 16.4. The standard InChI is InChI=1S/C83H46O2/c1-3-5-7-9-11-13-15-17-19-21-23(84)85-83-80-74-68-58-46-38-30-26-24-25-28-32(30)40(46)50-44-36(28)37-29(25)33-31-27(24)35-34(26)42-48(38)56-62-52(42)53-43(35)49-39(31)47-41(33)51-45(37)55-54(44)66(60(50)68)76(80)77-67(55)61(51)69-59(47)65-57(49)63(53)71-70(62)78(72(74)64(56)58)82(83,79(71)73(65)75(69)81(77)83)22-20-18-16-14-12-10-8-6-4-2/h3-22H2,1-2H3. The second-order valence-electron chi connectivity index (χ2n) is 31.0. The van der Waals surface area contributed by atoms with E-state index in [1.165, 1.54) is 129 Å². The summed E-state index contributed by atoms with van der Waals surface area (Å²) < 4.78 is 8.55. The van der Waals surface area contributed by atoms with Gasteiger partial charge in [-0.05, 0) is 315 Å². The maximum Gasteiger partial charge on any atom is 0.307 e. The van der Waals surface area contributed by atoms with Gasteiger partial charge in [0.05, 0.1) is 5.41 Å². The zero-order valence-electron chi connectivity index (χ0n) is 47.5. The molecule has 0 N–H and O–H groups in total. The third-order valence-corrected chi connectivity index (χ3v) is 28.8. The van der Waals surface area contributed by atoms with Crippen molar-refractivity contribution in [2.75, 3.05) is 0 Å². The van der Waals surface area contributed by atoms with Crippen LogP contribution in [0.15, 0.2) is 0 Å². The molecule has 2 nitrogen and oxygen atoms in total. The van der Waals surface area contributed by atoms with E-state index >= 15 is 4.79 Å². The van der Waals surface area contributed by atoms with Crippen LogP contribution in [0.1, 0.15) is 165 Å². The Hall–Kier alpha value is -8.07. The number of hydrogen-bond acceptors (Lipinski definition) is 2. The molecule has 32 rings (SSSR count). The number of ether oxygens (including phenoxy) is 1. The Morgan fingerprint density at radius 2 is 0.400 bits per heavy atom. The van der Waals surface area contributed by atoms with E-state index in [4.69, 9.17) is 4.74 Å². The SMILES string of the molecule is CCCCCCCCCCCC(=O)OC12c3c4c5c6c7c8c(c9c%10c1c1c3c3c%11c4c4c5c5c7c7c%12c8c8c9c9c%10c%10c1c1c3c3c%11c%11c4c4c5c7c5c7c%12c8c8c9c9c%10c1c1c3c3c%11c4c5c4c7c8c9c1c34)C62CCCCCCCCCCC. The molecule has 4 aliphatic rings. The van der Waals surface area contributed by atoms with E-state index in [1.54, 1.807) is 280 Å². The van der Waals surface area contributed by atoms with Crippen LogP contribution in [-0.4, -0.2) is 5.97 Å². The first-order valence-electron chi connectivity index (χ1n) is 34.2. The molecule has 0 fully saturated rings. The summed E-state index contributed by atoms with van der Waals surface area (Å²) in [5.41, 5.74) is 4.59. The van der Waals surface area contributed by atoms with Gasteiger partial charge < -0.3 is 4.74 Å². The molecule has 2 heteroatoms. The third-order valence-electron chi connectivity index (χ3n) is 28.8. The van der Waals surface area contributed by atoms with Crippen molar-refractivity contribution in [2.45, 2.75) is 153 Å². The Morgan fingerprint density at radius 1 is 0.224 bits per heavy atom. The molecule has 0 atom stereocenters. The van der Waals surface area contributed by atoms with Gasteiger partial charge in [0.25, 0.3) is 0 Å². The van der Waals surface area contributed by atoms with Crippen molar-refractivity contribution in [3.05, 3.63) is 22.3 Å². The lowest BCUT2D eigenvalue weighted by Crippen LogP contribution is -2.54. The Bertz CT molecular complexity index is 7230. The maximum atomic E-state index is 16.4. The summed E-state index contributed by atoms with van der Waals surface area (Å²) in [5, 5.41) is 86.7. The van der Waals surface area contributed by atoms with Gasteiger partial charge >= 0.3 is 5.97 Å². The predicted molar refractivity (Wildman–Crippen MR) is 364 cm³/mol. The van der Waals surface area contributed by atoms with Crippen LogP contribution in [0.4, 0.5) is 0 Å². The van der Waals surface area contributed by atoms with Crippen molar-refractivity contribution in [2.24, 2.45) is 0 Å². The lowest BCUT2D eigenvalue weighted by molar-refractivity contribution is -0.162. The van der Waals surface area contributed by atoms with Gasteiger partial charge in [0.1, 0.15) is 0 Å². The molecule has 0 amide bonds. The molecule has 390 valence electrons. The molecular formula is C83H46O2. The lowest BCUT2D eigenvalue weighted by Gasteiger charge is -2.53. The van der Waals surface area contributed by atoms with E-state index in [2.05, 4.69) is 13.8 Å². The highest BCUT2D eigenvalue weighted by Crippen LogP contribution is 2.85. The van der Waals surface area contributed by atoms with Crippen molar-refractivity contribution in [3.63, 3.8) is 0 Å². The van der Waals surface area contributed by atoms with Crippen molar-refractivity contribution >= 4 is 297 Å². The highest BCUT2D eigenvalue weighted by Gasteiger charge is 2.72. The molecule has 0 bridgehead atoms. The van der Waals surface area contributed by atoms with Gasteiger partial charge in [-0.2, -0.15) is 0 Å². The van der Waals surface area contributed by atoms with Crippen LogP contribution in [0.25, 0.3) is 291 Å². The summed E-state index contributed by atoms with van der Waals surface area (Å²) in [6, 6.07) is 0. The molecule has 28 aromatic rings. The van der Waals surface area contributed by atoms with E-state index < -0.39 is 11.0 Å².